The maximum Gasteiger partial charge on any atom is 0.341 e. The number of ether oxygens (including phenoxy) is 1. The summed E-state index contributed by atoms with van der Waals surface area (Å²) in [5.74, 6) is -1.000. The quantitative estimate of drug-likeness (QED) is 0.381. The number of H-pyrrole nitrogens is 1. The Morgan fingerprint density at radius 1 is 1.28 bits per heavy atom. The Hall–Kier alpha value is -3.37. The van der Waals surface area contributed by atoms with Gasteiger partial charge in [-0.15, -0.1) is 11.3 Å². The zero-order valence-corrected chi connectivity index (χ0v) is 16.7. The standard InChI is InChI=1S/C22H19N3O3S/c1-28-22(27)19-16-7-3-5-9-18(16)29-21(19)25-20(26)13(11-23)10-14-12-24-17-8-4-2-6-15(14)17/h2,4,6,8,10,12,24H,3,5,7,9H2,1H3,(H,25,26). The van der Waals surface area contributed by atoms with Crippen LogP contribution in [0, 0.1) is 11.3 Å². The maximum absolute atomic E-state index is 12.8. The molecule has 0 saturated carbocycles. The number of carbonyl (C=O) groups is 2. The van der Waals surface area contributed by atoms with E-state index < -0.39 is 11.9 Å². The molecular formula is C22H19N3O3S. The lowest BCUT2D eigenvalue weighted by atomic mass is 9.95. The summed E-state index contributed by atoms with van der Waals surface area (Å²) >= 11 is 1.40. The van der Waals surface area contributed by atoms with Crippen LogP contribution in [0.3, 0.4) is 0 Å². The number of nitrogens with one attached hydrogen (secondary N) is 2. The van der Waals surface area contributed by atoms with Gasteiger partial charge in [-0.2, -0.15) is 5.26 Å². The molecule has 146 valence electrons. The van der Waals surface area contributed by atoms with Crippen molar-refractivity contribution in [3.05, 3.63) is 57.6 Å². The molecule has 0 fully saturated rings. The van der Waals surface area contributed by atoms with Crippen molar-refractivity contribution in [3.63, 3.8) is 0 Å². The average molecular weight is 405 g/mol. The number of thiophene rings is 1. The summed E-state index contributed by atoms with van der Waals surface area (Å²) in [6.07, 6.45) is 7.06. The summed E-state index contributed by atoms with van der Waals surface area (Å²) in [6.45, 7) is 0. The van der Waals surface area contributed by atoms with Gasteiger partial charge in [0.2, 0.25) is 0 Å². The number of nitriles is 1. The molecule has 1 aromatic carbocycles. The number of hydrogen-bond donors (Lipinski definition) is 2. The third-order valence-corrected chi connectivity index (χ3v) is 6.28. The average Bonchev–Trinajstić information content (AvgIpc) is 3.32. The number of fused-ring (bicyclic) bond motifs is 2. The fourth-order valence-electron chi connectivity index (χ4n) is 3.66. The third kappa shape index (κ3) is 3.55. The number of aryl methyl sites for hydroxylation is 1. The molecule has 0 saturated heterocycles. The highest BCUT2D eigenvalue weighted by Gasteiger charge is 2.27. The van der Waals surface area contributed by atoms with E-state index in [1.165, 1.54) is 18.4 Å². The van der Waals surface area contributed by atoms with Crippen LogP contribution in [0.4, 0.5) is 5.00 Å². The molecule has 0 spiro atoms. The molecule has 2 aromatic heterocycles. The minimum absolute atomic E-state index is 0.0306. The van der Waals surface area contributed by atoms with Gasteiger partial charge in [0.1, 0.15) is 16.6 Å². The maximum atomic E-state index is 12.8. The van der Waals surface area contributed by atoms with Crippen LogP contribution >= 0.6 is 11.3 Å². The van der Waals surface area contributed by atoms with Crippen molar-refractivity contribution in [2.45, 2.75) is 25.7 Å². The summed E-state index contributed by atoms with van der Waals surface area (Å²) in [4.78, 5) is 29.4. The first-order chi connectivity index (χ1) is 14.1. The molecule has 3 aromatic rings. The first-order valence-electron chi connectivity index (χ1n) is 9.34. The fraction of sp³-hybridized carbons (Fsp3) is 0.227. The van der Waals surface area contributed by atoms with Gasteiger partial charge in [-0.25, -0.2) is 4.79 Å². The monoisotopic (exact) mass is 405 g/mol. The predicted octanol–water partition coefficient (Wildman–Crippen LogP) is 4.44. The van der Waals surface area contributed by atoms with Crippen LogP contribution in [0.1, 0.15) is 39.2 Å². The van der Waals surface area contributed by atoms with E-state index in [1.807, 2.05) is 30.3 Å². The molecule has 1 aliphatic rings. The largest absolute Gasteiger partial charge is 0.465 e. The number of methoxy groups -OCH3 is 1. The van der Waals surface area contributed by atoms with Crippen LogP contribution in [-0.4, -0.2) is 24.0 Å². The third-order valence-electron chi connectivity index (χ3n) is 5.07. The minimum Gasteiger partial charge on any atom is -0.465 e. The van der Waals surface area contributed by atoms with Gasteiger partial charge in [-0.05, 0) is 43.4 Å². The number of para-hydroxylation sites is 1. The van der Waals surface area contributed by atoms with E-state index in [2.05, 4.69) is 10.3 Å². The Morgan fingerprint density at radius 2 is 2.07 bits per heavy atom. The first kappa shape index (κ1) is 19.0. The number of amides is 1. The van der Waals surface area contributed by atoms with E-state index in [4.69, 9.17) is 4.74 Å². The summed E-state index contributed by atoms with van der Waals surface area (Å²) in [7, 11) is 1.33. The van der Waals surface area contributed by atoms with Crippen LogP contribution in [-0.2, 0) is 22.4 Å². The Kier molecular flexibility index (Phi) is 5.19. The summed E-state index contributed by atoms with van der Waals surface area (Å²) in [5, 5.41) is 13.7. The van der Waals surface area contributed by atoms with E-state index in [0.29, 0.717) is 10.6 Å². The van der Waals surface area contributed by atoms with E-state index >= 15 is 0 Å². The molecule has 4 rings (SSSR count). The van der Waals surface area contributed by atoms with Crippen LogP contribution < -0.4 is 5.32 Å². The minimum atomic E-state index is -0.540. The lowest BCUT2D eigenvalue weighted by molar-refractivity contribution is -0.112. The highest BCUT2D eigenvalue weighted by atomic mass is 32.1. The number of benzene rings is 1. The number of rotatable bonds is 4. The highest BCUT2D eigenvalue weighted by Crippen LogP contribution is 2.38. The second-order valence-corrected chi connectivity index (χ2v) is 7.93. The van der Waals surface area contributed by atoms with Crippen molar-refractivity contribution in [1.82, 2.24) is 4.98 Å². The summed E-state index contributed by atoms with van der Waals surface area (Å²) in [6, 6.07) is 9.64. The predicted molar refractivity (Wildman–Crippen MR) is 113 cm³/mol. The molecule has 1 aliphatic carbocycles. The van der Waals surface area contributed by atoms with Crippen LogP contribution in [0.2, 0.25) is 0 Å². The van der Waals surface area contributed by atoms with Crippen molar-refractivity contribution < 1.29 is 14.3 Å². The smallest absolute Gasteiger partial charge is 0.341 e. The number of carbonyl (C=O) groups excluding carboxylic acids is 2. The topological polar surface area (TPSA) is 95.0 Å². The van der Waals surface area contributed by atoms with Crippen LogP contribution in [0.15, 0.2) is 36.0 Å². The summed E-state index contributed by atoms with van der Waals surface area (Å²) < 4.78 is 4.94. The molecule has 7 heteroatoms. The van der Waals surface area contributed by atoms with Gasteiger partial charge in [0.05, 0.1) is 12.7 Å². The number of aromatic nitrogens is 1. The molecule has 29 heavy (non-hydrogen) atoms. The molecule has 1 amide bonds. The van der Waals surface area contributed by atoms with Gasteiger partial charge in [-0.1, -0.05) is 18.2 Å². The van der Waals surface area contributed by atoms with Gasteiger partial charge in [0.25, 0.3) is 5.91 Å². The first-order valence-corrected chi connectivity index (χ1v) is 10.2. The van der Waals surface area contributed by atoms with Gasteiger partial charge >= 0.3 is 5.97 Å². The lowest BCUT2D eigenvalue weighted by Crippen LogP contribution is -2.16. The molecule has 0 aliphatic heterocycles. The van der Waals surface area contributed by atoms with Crippen molar-refractivity contribution in [1.29, 1.82) is 5.26 Å². The Morgan fingerprint density at radius 3 is 2.86 bits per heavy atom. The normalized spacial score (nSPS) is 13.6. The van der Waals surface area contributed by atoms with Gasteiger partial charge < -0.3 is 15.0 Å². The SMILES string of the molecule is COC(=O)c1c(NC(=O)C(C#N)=Cc2c[nH]c3ccccc23)sc2c1CCCC2. The van der Waals surface area contributed by atoms with E-state index in [1.54, 1.807) is 12.3 Å². The van der Waals surface area contributed by atoms with Gasteiger partial charge in [-0.3, -0.25) is 4.79 Å². The zero-order valence-electron chi connectivity index (χ0n) is 15.9. The zero-order chi connectivity index (χ0) is 20.4. The molecular weight excluding hydrogens is 386 g/mol. The Labute approximate surface area is 171 Å². The van der Waals surface area contributed by atoms with E-state index in [-0.39, 0.29) is 5.57 Å². The molecule has 2 N–H and O–H groups in total. The molecule has 2 heterocycles. The van der Waals surface area contributed by atoms with Crippen molar-refractivity contribution in [2.24, 2.45) is 0 Å². The molecule has 6 nitrogen and oxygen atoms in total. The second kappa shape index (κ2) is 7.94. The highest BCUT2D eigenvalue weighted by molar-refractivity contribution is 7.17. The number of esters is 1. The molecule has 0 radical (unpaired) electrons. The van der Waals surface area contributed by atoms with Crippen molar-refractivity contribution in [3.8, 4) is 6.07 Å². The second-order valence-electron chi connectivity index (χ2n) is 6.82. The molecule has 0 bridgehead atoms. The Balaban J connectivity index is 1.67. The van der Waals surface area contributed by atoms with Gasteiger partial charge in [0, 0.05) is 27.5 Å². The molecule has 0 atom stereocenters. The number of aromatic amines is 1. The fourth-order valence-corrected chi connectivity index (χ4v) is 4.93. The van der Waals surface area contributed by atoms with E-state index in [9.17, 15) is 14.9 Å². The van der Waals surface area contributed by atoms with Crippen LogP contribution in [0.25, 0.3) is 17.0 Å². The number of nitrogens with zero attached hydrogens (tertiary/aromatic N) is 1. The van der Waals surface area contributed by atoms with Crippen molar-refractivity contribution >= 4 is 45.2 Å². The Bertz CT molecular complexity index is 1180. The molecule has 0 unspecified atom stereocenters. The number of hydrogen-bond acceptors (Lipinski definition) is 5. The van der Waals surface area contributed by atoms with Gasteiger partial charge in [0.15, 0.2) is 0 Å². The van der Waals surface area contributed by atoms with E-state index in [0.717, 1.165) is 52.6 Å². The summed E-state index contributed by atoms with van der Waals surface area (Å²) in [5.41, 5.74) is 3.03. The van der Waals surface area contributed by atoms with Crippen LogP contribution in [0.5, 0.6) is 0 Å². The van der Waals surface area contributed by atoms with Crippen molar-refractivity contribution in [2.75, 3.05) is 12.4 Å². The lowest BCUT2D eigenvalue weighted by Gasteiger charge is -2.11. The number of anilines is 1.